The van der Waals surface area contributed by atoms with Gasteiger partial charge in [0, 0.05) is 12.8 Å². The molecule has 0 radical (unpaired) electrons. The van der Waals surface area contributed by atoms with Crippen LogP contribution < -0.4 is 0 Å². The van der Waals surface area contributed by atoms with Crippen LogP contribution in [0.5, 0.6) is 0 Å². The largest absolute Gasteiger partial charge is 0.469 e. The van der Waals surface area contributed by atoms with Crippen molar-refractivity contribution in [2.45, 2.75) is 149 Å². The minimum absolute atomic E-state index is 0.00106. The summed E-state index contributed by atoms with van der Waals surface area (Å²) in [6.07, 6.45) is 24.7. The van der Waals surface area contributed by atoms with E-state index in [2.05, 4.69) is 18.6 Å². The Balaban J connectivity index is 3.26. The smallest absolute Gasteiger partial charge is 0.305 e. The minimum Gasteiger partial charge on any atom is -0.469 e. The van der Waals surface area contributed by atoms with Gasteiger partial charge in [-0.3, -0.25) is 9.59 Å². The van der Waals surface area contributed by atoms with Crippen molar-refractivity contribution in [3.63, 3.8) is 0 Å². The molecular formula is C28H54O4. The molecule has 0 amide bonds. The number of rotatable bonds is 24. The van der Waals surface area contributed by atoms with Crippen molar-refractivity contribution in [2.24, 2.45) is 5.92 Å². The van der Waals surface area contributed by atoms with E-state index in [1.54, 1.807) is 0 Å². The third kappa shape index (κ3) is 22.1. The Bertz CT molecular complexity index is 422. The van der Waals surface area contributed by atoms with Gasteiger partial charge in [-0.2, -0.15) is 0 Å². The monoisotopic (exact) mass is 454 g/mol. The highest BCUT2D eigenvalue weighted by molar-refractivity contribution is 5.69. The summed E-state index contributed by atoms with van der Waals surface area (Å²) in [7, 11) is 1.46. The summed E-state index contributed by atoms with van der Waals surface area (Å²) in [6, 6.07) is 0. The van der Waals surface area contributed by atoms with Gasteiger partial charge in [0.05, 0.1) is 13.7 Å². The van der Waals surface area contributed by atoms with Gasteiger partial charge in [-0.15, -0.1) is 0 Å². The van der Waals surface area contributed by atoms with Crippen molar-refractivity contribution in [3.05, 3.63) is 0 Å². The summed E-state index contributed by atoms with van der Waals surface area (Å²) >= 11 is 0. The molecule has 0 heterocycles. The Morgan fingerprint density at radius 2 is 1.00 bits per heavy atom. The molecule has 0 aliphatic rings. The Morgan fingerprint density at radius 3 is 1.38 bits per heavy atom. The molecule has 0 saturated heterocycles. The molecule has 0 rings (SSSR count). The Morgan fingerprint density at radius 1 is 0.594 bits per heavy atom. The molecular weight excluding hydrogens is 400 g/mol. The highest BCUT2D eigenvalue weighted by atomic mass is 16.5. The first-order chi connectivity index (χ1) is 15.6. The zero-order valence-corrected chi connectivity index (χ0v) is 21.8. The van der Waals surface area contributed by atoms with Gasteiger partial charge in [0.15, 0.2) is 0 Å². The van der Waals surface area contributed by atoms with Crippen molar-refractivity contribution in [2.75, 3.05) is 13.7 Å². The Hall–Kier alpha value is -1.06. The fourth-order valence-corrected chi connectivity index (χ4v) is 4.12. The highest BCUT2D eigenvalue weighted by Crippen LogP contribution is 2.15. The number of carbonyl (C=O) groups excluding carboxylic acids is 2. The fourth-order valence-electron chi connectivity index (χ4n) is 4.12. The van der Waals surface area contributed by atoms with E-state index in [0.29, 0.717) is 25.4 Å². The number of hydrogen-bond donors (Lipinski definition) is 0. The molecule has 0 saturated carbocycles. The quantitative estimate of drug-likeness (QED) is 0.108. The molecule has 0 aliphatic carbocycles. The van der Waals surface area contributed by atoms with Gasteiger partial charge in [-0.25, -0.2) is 0 Å². The van der Waals surface area contributed by atoms with Crippen LogP contribution in [0, 0.1) is 5.92 Å². The standard InChI is InChI=1S/C28H54O4/c1-4-6-22-26(5-2)25-32-28(30)24-21-19-17-15-13-11-9-7-8-10-12-14-16-18-20-23-27(29)31-3/h26H,4-25H2,1-3H3. The summed E-state index contributed by atoms with van der Waals surface area (Å²) < 4.78 is 10.1. The summed E-state index contributed by atoms with van der Waals surface area (Å²) in [5.41, 5.74) is 0. The van der Waals surface area contributed by atoms with Gasteiger partial charge in [-0.05, 0) is 25.2 Å². The fraction of sp³-hybridized carbons (Fsp3) is 0.929. The molecule has 0 N–H and O–H groups in total. The molecule has 0 aromatic heterocycles. The molecule has 1 atom stereocenters. The van der Waals surface area contributed by atoms with Crippen LogP contribution in [-0.2, 0) is 19.1 Å². The van der Waals surface area contributed by atoms with Gasteiger partial charge in [-0.1, -0.05) is 117 Å². The molecule has 190 valence electrons. The van der Waals surface area contributed by atoms with Crippen molar-refractivity contribution in [3.8, 4) is 0 Å². The van der Waals surface area contributed by atoms with E-state index < -0.39 is 0 Å². The van der Waals surface area contributed by atoms with Crippen molar-refractivity contribution in [1.82, 2.24) is 0 Å². The van der Waals surface area contributed by atoms with Crippen LogP contribution in [-0.4, -0.2) is 25.7 Å². The SMILES string of the molecule is CCCCC(CC)COC(=O)CCCCCCCCCCCCCCCCCC(=O)OC. The zero-order chi connectivity index (χ0) is 23.7. The topological polar surface area (TPSA) is 52.6 Å². The maximum atomic E-state index is 11.9. The Labute approximate surface area is 199 Å². The van der Waals surface area contributed by atoms with Gasteiger partial charge < -0.3 is 9.47 Å². The first kappa shape index (κ1) is 30.9. The first-order valence-electron chi connectivity index (χ1n) is 13.9. The second kappa shape index (κ2) is 24.6. The van der Waals surface area contributed by atoms with Gasteiger partial charge in [0.2, 0.25) is 0 Å². The molecule has 0 spiro atoms. The predicted octanol–water partition coefficient (Wildman–Crippen LogP) is 8.55. The molecule has 0 fully saturated rings. The molecule has 0 aromatic rings. The number of hydrogen-bond acceptors (Lipinski definition) is 4. The lowest BCUT2D eigenvalue weighted by molar-refractivity contribution is -0.145. The van der Waals surface area contributed by atoms with Crippen molar-refractivity contribution in [1.29, 1.82) is 0 Å². The summed E-state index contributed by atoms with van der Waals surface area (Å²) in [4.78, 5) is 22.9. The second-order valence-electron chi connectivity index (χ2n) is 9.48. The lowest BCUT2D eigenvalue weighted by Gasteiger charge is -2.14. The van der Waals surface area contributed by atoms with Gasteiger partial charge >= 0.3 is 11.9 Å². The van der Waals surface area contributed by atoms with Crippen molar-refractivity contribution >= 4 is 11.9 Å². The molecule has 0 bridgehead atoms. The number of unbranched alkanes of at least 4 members (excludes halogenated alkanes) is 15. The number of esters is 2. The predicted molar refractivity (Wildman–Crippen MR) is 135 cm³/mol. The van der Waals surface area contributed by atoms with E-state index in [4.69, 9.17) is 4.74 Å². The number of carbonyl (C=O) groups is 2. The number of ether oxygens (including phenoxy) is 2. The Kier molecular flexibility index (Phi) is 23.8. The average molecular weight is 455 g/mol. The summed E-state index contributed by atoms with van der Waals surface area (Å²) in [6.45, 7) is 5.02. The summed E-state index contributed by atoms with van der Waals surface area (Å²) in [5, 5.41) is 0. The van der Waals surface area contributed by atoms with Gasteiger partial charge in [0.25, 0.3) is 0 Å². The van der Waals surface area contributed by atoms with E-state index in [1.807, 2.05) is 0 Å². The van der Waals surface area contributed by atoms with Crippen LogP contribution in [0.3, 0.4) is 0 Å². The molecule has 0 aromatic carbocycles. The third-order valence-corrected chi connectivity index (χ3v) is 6.51. The zero-order valence-electron chi connectivity index (χ0n) is 21.8. The minimum atomic E-state index is -0.0803. The van der Waals surface area contributed by atoms with Crippen LogP contribution in [0.2, 0.25) is 0 Å². The van der Waals surface area contributed by atoms with Crippen LogP contribution in [0.25, 0.3) is 0 Å². The molecule has 0 aliphatic heterocycles. The lowest BCUT2D eigenvalue weighted by Crippen LogP contribution is -2.13. The maximum Gasteiger partial charge on any atom is 0.305 e. The molecule has 1 unspecified atom stereocenters. The first-order valence-corrected chi connectivity index (χ1v) is 13.9. The second-order valence-corrected chi connectivity index (χ2v) is 9.48. The van der Waals surface area contributed by atoms with E-state index in [0.717, 1.165) is 32.1 Å². The summed E-state index contributed by atoms with van der Waals surface area (Å²) in [5.74, 6) is 0.465. The molecule has 4 nitrogen and oxygen atoms in total. The van der Waals surface area contributed by atoms with E-state index in [-0.39, 0.29) is 11.9 Å². The van der Waals surface area contributed by atoms with E-state index >= 15 is 0 Å². The average Bonchev–Trinajstić information content (AvgIpc) is 2.80. The lowest BCUT2D eigenvalue weighted by atomic mass is 10.0. The van der Waals surface area contributed by atoms with Crippen LogP contribution in [0.1, 0.15) is 149 Å². The number of methoxy groups -OCH3 is 1. The normalized spacial score (nSPS) is 12.0. The van der Waals surface area contributed by atoms with Gasteiger partial charge in [0.1, 0.15) is 0 Å². The van der Waals surface area contributed by atoms with Crippen LogP contribution in [0.4, 0.5) is 0 Å². The van der Waals surface area contributed by atoms with E-state index in [9.17, 15) is 9.59 Å². The maximum absolute atomic E-state index is 11.9. The third-order valence-electron chi connectivity index (χ3n) is 6.51. The van der Waals surface area contributed by atoms with E-state index in [1.165, 1.54) is 97.0 Å². The van der Waals surface area contributed by atoms with Crippen molar-refractivity contribution < 1.29 is 19.1 Å². The van der Waals surface area contributed by atoms with Crippen LogP contribution >= 0.6 is 0 Å². The highest BCUT2D eigenvalue weighted by Gasteiger charge is 2.09. The molecule has 4 heteroatoms. The molecule has 32 heavy (non-hydrogen) atoms. The van der Waals surface area contributed by atoms with Crippen LogP contribution in [0.15, 0.2) is 0 Å².